The number of sulfonamides is 1. The third-order valence-electron chi connectivity index (χ3n) is 3.47. The van der Waals surface area contributed by atoms with Crippen LogP contribution in [0.2, 0.25) is 0 Å². The van der Waals surface area contributed by atoms with Crippen molar-refractivity contribution in [3.8, 4) is 0 Å². The number of rotatable bonds is 5. The number of aliphatic carboxylic acids is 1. The van der Waals surface area contributed by atoms with Crippen LogP contribution in [0.15, 0.2) is 29.2 Å². The average Bonchev–Trinajstić information content (AvgIpc) is 2.44. The highest BCUT2D eigenvalue weighted by molar-refractivity contribution is 7.89. The minimum atomic E-state index is -4.35. The van der Waals surface area contributed by atoms with Crippen LogP contribution in [0.1, 0.15) is 13.3 Å². The topological polar surface area (TPSA) is 135 Å². The number of carboxylic acids is 1. The standard InChI is InChI=1S/C12H12N2O7S/c1-2-9-10(12(16)17)13(11(9)15)22(20,21)8-5-3-7(4-6-8)14(18)19/h3-6,9-10H,2H2,1H3,(H,16,17)/t9-,10+/m1/s1. The predicted octanol–water partition coefficient (Wildman–Crippen LogP) is 0.605. The van der Waals surface area contributed by atoms with Crippen LogP contribution < -0.4 is 0 Å². The molecule has 1 aromatic carbocycles. The van der Waals surface area contributed by atoms with Crippen molar-refractivity contribution in [2.45, 2.75) is 24.3 Å². The van der Waals surface area contributed by atoms with Gasteiger partial charge in [0.15, 0.2) is 6.04 Å². The summed E-state index contributed by atoms with van der Waals surface area (Å²) in [5.41, 5.74) is -0.310. The van der Waals surface area contributed by atoms with Gasteiger partial charge in [-0.3, -0.25) is 14.9 Å². The molecule has 0 saturated carbocycles. The third kappa shape index (κ3) is 2.30. The van der Waals surface area contributed by atoms with Crippen LogP contribution in [-0.4, -0.2) is 40.7 Å². The Morgan fingerprint density at radius 1 is 1.36 bits per heavy atom. The third-order valence-corrected chi connectivity index (χ3v) is 5.26. The lowest BCUT2D eigenvalue weighted by Crippen LogP contribution is -2.65. The van der Waals surface area contributed by atoms with Gasteiger partial charge in [-0.2, -0.15) is 0 Å². The van der Waals surface area contributed by atoms with Gasteiger partial charge in [-0.15, -0.1) is 0 Å². The Morgan fingerprint density at radius 3 is 2.32 bits per heavy atom. The van der Waals surface area contributed by atoms with Gasteiger partial charge in [0, 0.05) is 12.1 Å². The first kappa shape index (κ1) is 15.9. The van der Waals surface area contributed by atoms with E-state index in [-0.39, 0.29) is 17.0 Å². The fourth-order valence-corrected chi connectivity index (χ4v) is 3.92. The monoisotopic (exact) mass is 328 g/mol. The molecule has 1 aliphatic heterocycles. The van der Waals surface area contributed by atoms with Crippen LogP contribution >= 0.6 is 0 Å². The molecule has 0 radical (unpaired) electrons. The Bertz CT molecular complexity index is 741. The van der Waals surface area contributed by atoms with Crippen LogP contribution in [0.25, 0.3) is 0 Å². The number of nitrogens with zero attached hydrogens (tertiary/aromatic N) is 2. The van der Waals surface area contributed by atoms with Crippen molar-refractivity contribution >= 4 is 27.6 Å². The van der Waals surface area contributed by atoms with E-state index in [1.54, 1.807) is 6.92 Å². The van der Waals surface area contributed by atoms with E-state index in [0.29, 0.717) is 4.31 Å². The minimum Gasteiger partial charge on any atom is -0.480 e. The van der Waals surface area contributed by atoms with Gasteiger partial charge in [0.05, 0.1) is 15.7 Å². The molecule has 9 nitrogen and oxygen atoms in total. The summed E-state index contributed by atoms with van der Waals surface area (Å²) < 4.78 is 25.0. The van der Waals surface area contributed by atoms with E-state index in [2.05, 4.69) is 0 Å². The summed E-state index contributed by atoms with van der Waals surface area (Å²) in [5, 5.41) is 19.7. The number of carboxylic acid groups (broad SMARTS) is 1. The summed E-state index contributed by atoms with van der Waals surface area (Å²) >= 11 is 0. The van der Waals surface area contributed by atoms with Gasteiger partial charge < -0.3 is 5.11 Å². The largest absolute Gasteiger partial charge is 0.480 e. The van der Waals surface area contributed by atoms with Crippen molar-refractivity contribution in [1.82, 2.24) is 4.31 Å². The number of amides is 1. The first-order valence-electron chi connectivity index (χ1n) is 6.27. The molecular formula is C12H12N2O7S. The molecule has 10 heteroatoms. The fraction of sp³-hybridized carbons (Fsp3) is 0.333. The quantitative estimate of drug-likeness (QED) is 0.475. The number of nitro groups is 1. The second-order valence-electron chi connectivity index (χ2n) is 4.69. The van der Waals surface area contributed by atoms with Crippen molar-refractivity contribution in [2.24, 2.45) is 5.92 Å². The predicted molar refractivity (Wildman–Crippen MR) is 72.3 cm³/mol. The zero-order chi connectivity index (χ0) is 16.7. The Balaban J connectivity index is 2.39. The first-order valence-corrected chi connectivity index (χ1v) is 7.71. The van der Waals surface area contributed by atoms with Gasteiger partial charge in [-0.05, 0) is 18.6 Å². The van der Waals surface area contributed by atoms with E-state index in [4.69, 9.17) is 5.11 Å². The van der Waals surface area contributed by atoms with Crippen molar-refractivity contribution in [3.63, 3.8) is 0 Å². The molecule has 1 amide bonds. The molecule has 0 aliphatic carbocycles. The number of hydrogen-bond donors (Lipinski definition) is 1. The molecular weight excluding hydrogens is 316 g/mol. The van der Waals surface area contributed by atoms with Gasteiger partial charge in [-0.25, -0.2) is 17.5 Å². The molecule has 0 aromatic heterocycles. The number of carbonyl (C=O) groups is 2. The van der Waals surface area contributed by atoms with Crippen LogP contribution in [0.3, 0.4) is 0 Å². The molecule has 1 aromatic rings. The molecule has 118 valence electrons. The van der Waals surface area contributed by atoms with Gasteiger partial charge in [0.1, 0.15) is 0 Å². The Kier molecular flexibility index (Phi) is 3.88. The van der Waals surface area contributed by atoms with Crippen LogP contribution in [-0.2, 0) is 19.6 Å². The summed E-state index contributed by atoms with van der Waals surface area (Å²) in [6.45, 7) is 1.59. The normalized spacial score (nSPS) is 21.3. The van der Waals surface area contributed by atoms with Gasteiger partial charge in [-0.1, -0.05) is 6.92 Å². The van der Waals surface area contributed by atoms with E-state index in [1.807, 2.05) is 0 Å². The van der Waals surface area contributed by atoms with E-state index in [0.717, 1.165) is 24.3 Å². The molecule has 1 saturated heterocycles. The molecule has 1 heterocycles. The number of benzene rings is 1. The van der Waals surface area contributed by atoms with E-state index >= 15 is 0 Å². The summed E-state index contributed by atoms with van der Waals surface area (Å²) in [5.74, 6) is -3.07. The Hall–Kier alpha value is -2.49. The smallest absolute Gasteiger partial charge is 0.328 e. The highest BCUT2D eigenvalue weighted by atomic mass is 32.2. The Labute approximate surface area is 125 Å². The number of carbonyl (C=O) groups excluding carboxylic acids is 1. The number of hydrogen-bond acceptors (Lipinski definition) is 6. The summed E-state index contributed by atoms with van der Waals surface area (Å²) in [7, 11) is -4.35. The lowest BCUT2D eigenvalue weighted by Gasteiger charge is -2.42. The van der Waals surface area contributed by atoms with Crippen LogP contribution in [0.5, 0.6) is 0 Å². The first-order chi connectivity index (χ1) is 10.2. The minimum absolute atomic E-state index is 0.210. The van der Waals surface area contributed by atoms with E-state index in [9.17, 15) is 28.1 Å². The van der Waals surface area contributed by atoms with Crippen LogP contribution in [0, 0.1) is 16.0 Å². The highest BCUT2D eigenvalue weighted by Gasteiger charge is 2.56. The lowest BCUT2D eigenvalue weighted by molar-refractivity contribution is -0.384. The molecule has 0 unspecified atom stereocenters. The summed E-state index contributed by atoms with van der Waals surface area (Å²) in [6.07, 6.45) is 0.210. The number of nitro benzene ring substituents is 1. The molecule has 0 bridgehead atoms. The van der Waals surface area contributed by atoms with Crippen molar-refractivity contribution in [1.29, 1.82) is 0 Å². The Morgan fingerprint density at radius 2 is 1.91 bits per heavy atom. The molecule has 1 fully saturated rings. The molecule has 2 atom stereocenters. The molecule has 1 N–H and O–H groups in total. The highest BCUT2D eigenvalue weighted by Crippen LogP contribution is 2.35. The van der Waals surface area contributed by atoms with Gasteiger partial charge in [0.2, 0.25) is 5.91 Å². The number of β-lactam (4-membered cyclic amide) rings is 1. The molecule has 22 heavy (non-hydrogen) atoms. The van der Waals surface area contributed by atoms with Crippen molar-refractivity contribution in [2.75, 3.05) is 0 Å². The molecule has 1 aliphatic rings. The maximum atomic E-state index is 12.4. The van der Waals surface area contributed by atoms with Gasteiger partial charge >= 0.3 is 5.97 Å². The maximum absolute atomic E-state index is 12.4. The maximum Gasteiger partial charge on any atom is 0.328 e. The van der Waals surface area contributed by atoms with E-state index < -0.39 is 38.8 Å². The molecule has 2 rings (SSSR count). The zero-order valence-corrected chi connectivity index (χ0v) is 12.2. The van der Waals surface area contributed by atoms with Crippen LogP contribution in [0.4, 0.5) is 5.69 Å². The van der Waals surface area contributed by atoms with Crippen molar-refractivity contribution < 1.29 is 28.0 Å². The fourth-order valence-electron chi connectivity index (χ4n) is 2.31. The summed E-state index contributed by atoms with van der Waals surface area (Å²) in [6, 6.07) is 2.45. The second kappa shape index (κ2) is 5.37. The van der Waals surface area contributed by atoms with Gasteiger partial charge in [0.25, 0.3) is 15.7 Å². The number of non-ortho nitro benzene ring substituents is 1. The second-order valence-corrected chi connectivity index (χ2v) is 6.50. The summed E-state index contributed by atoms with van der Waals surface area (Å²) in [4.78, 5) is 32.5. The van der Waals surface area contributed by atoms with Crippen molar-refractivity contribution in [3.05, 3.63) is 34.4 Å². The zero-order valence-electron chi connectivity index (χ0n) is 11.4. The average molecular weight is 328 g/mol. The lowest BCUT2D eigenvalue weighted by atomic mass is 9.88. The van der Waals surface area contributed by atoms with E-state index in [1.165, 1.54) is 0 Å². The SMILES string of the molecule is CC[C@H]1C(=O)N(S(=O)(=O)c2ccc([N+](=O)[O-])cc2)[C@@H]1C(=O)O. The molecule has 0 spiro atoms.